The molecule has 2 saturated heterocycles. The first-order valence-electron chi connectivity index (χ1n) is 19.7. The lowest BCUT2D eigenvalue weighted by atomic mass is 9.49. The number of esters is 2. The summed E-state index contributed by atoms with van der Waals surface area (Å²) >= 11 is 0. The van der Waals surface area contributed by atoms with Gasteiger partial charge in [-0.1, -0.05) is 56.3 Å². The van der Waals surface area contributed by atoms with Crippen molar-refractivity contribution in [1.29, 1.82) is 0 Å². The van der Waals surface area contributed by atoms with Crippen LogP contribution in [0.2, 0.25) is 0 Å². The van der Waals surface area contributed by atoms with Crippen molar-refractivity contribution in [3.8, 4) is 0 Å². The maximum atomic E-state index is 15.0. The summed E-state index contributed by atoms with van der Waals surface area (Å²) in [7, 11) is 4.86. The van der Waals surface area contributed by atoms with Gasteiger partial charge >= 0.3 is 11.9 Å². The number of hydrogen-bond donors (Lipinski definition) is 3. The second-order valence-corrected chi connectivity index (χ2v) is 17.3. The number of fused-ring (bicyclic) bond motifs is 6. The Kier molecular flexibility index (Phi) is 7.86. The fraction of sp³-hybridized carbons (Fsp3) is 0.581. The van der Waals surface area contributed by atoms with Crippen molar-refractivity contribution < 1.29 is 29.3 Å². The largest absolute Gasteiger partial charge is 0.468 e. The van der Waals surface area contributed by atoms with Crippen molar-refractivity contribution in [1.82, 2.24) is 14.8 Å². The highest BCUT2D eigenvalue weighted by Gasteiger charge is 2.75. The van der Waals surface area contributed by atoms with Crippen molar-refractivity contribution >= 4 is 28.5 Å². The molecule has 10 heteroatoms. The van der Waals surface area contributed by atoms with Crippen LogP contribution in [0.4, 0.5) is 5.69 Å². The number of anilines is 1. The van der Waals surface area contributed by atoms with E-state index >= 15 is 4.79 Å². The zero-order chi connectivity index (χ0) is 37.1. The minimum atomic E-state index is -1.76. The number of benzene rings is 2. The zero-order valence-corrected chi connectivity index (χ0v) is 31.8. The van der Waals surface area contributed by atoms with E-state index in [1.54, 1.807) is 0 Å². The quantitative estimate of drug-likeness (QED) is 0.260. The van der Waals surface area contributed by atoms with E-state index in [0.29, 0.717) is 25.8 Å². The van der Waals surface area contributed by atoms with Gasteiger partial charge < -0.3 is 29.6 Å². The molecule has 0 radical (unpaired) electrons. The number of methoxy groups -OCH3 is 2. The first-order chi connectivity index (χ1) is 25.4. The summed E-state index contributed by atoms with van der Waals surface area (Å²) in [5, 5.41) is 25.8. The second kappa shape index (κ2) is 11.9. The molecule has 1 aromatic heterocycles. The number of aromatic amines is 1. The maximum absolute atomic E-state index is 15.0. The highest BCUT2D eigenvalue weighted by molar-refractivity contribution is 5.94. The van der Waals surface area contributed by atoms with Crippen LogP contribution in [0.3, 0.4) is 0 Å². The molecule has 3 aromatic rings. The Morgan fingerprint density at radius 1 is 0.981 bits per heavy atom. The van der Waals surface area contributed by atoms with E-state index in [9.17, 15) is 15.0 Å². The van der Waals surface area contributed by atoms with Crippen LogP contribution in [0.15, 0.2) is 54.6 Å². The molecule has 2 bridgehead atoms. The van der Waals surface area contributed by atoms with Gasteiger partial charge in [-0.3, -0.25) is 14.6 Å². The fourth-order valence-corrected chi connectivity index (χ4v) is 12.9. The number of H-pyrrole nitrogens is 1. The summed E-state index contributed by atoms with van der Waals surface area (Å²) in [5.41, 5.74) is 0.960. The van der Waals surface area contributed by atoms with Gasteiger partial charge in [0.15, 0.2) is 5.60 Å². The Balaban J connectivity index is 1.31. The number of piperidine rings is 1. The number of likely N-dealkylation sites (N-methyl/N-ethyl adjacent to an activating group) is 1. The van der Waals surface area contributed by atoms with E-state index < -0.39 is 39.5 Å². The van der Waals surface area contributed by atoms with Gasteiger partial charge in [0, 0.05) is 72.4 Å². The molecule has 3 fully saturated rings. The second-order valence-electron chi connectivity index (χ2n) is 17.3. The number of aromatic nitrogens is 1. The lowest BCUT2D eigenvalue weighted by molar-refractivity contribution is -0.181. The molecule has 2 aromatic carbocycles. The predicted octanol–water partition coefficient (Wildman–Crippen LogP) is 4.44. The van der Waals surface area contributed by atoms with Gasteiger partial charge in [0.25, 0.3) is 0 Å². The Bertz CT molecular complexity index is 2030. The van der Waals surface area contributed by atoms with Crippen LogP contribution >= 0.6 is 0 Å². The summed E-state index contributed by atoms with van der Waals surface area (Å²) in [4.78, 5) is 39.8. The Hall–Kier alpha value is -3.70. The Morgan fingerprint density at radius 3 is 2.53 bits per heavy atom. The molecule has 6 heterocycles. The maximum Gasteiger partial charge on any atom is 0.340 e. The van der Waals surface area contributed by atoms with Crippen LogP contribution in [0.1, 0.15) is 74.8 Å². The predicted molar refractivity (Wildman–Crippen MR) is 203 cm³/mol. The third-order valence-corrected chi connectivity index (χ3v) is 14.9. The monoisotopic (exact) mass is 722 g/mol. The highest BCUT2D eigenvalue weighted by atomic mass is 16.5. The van der Waals surface area contributed by atoms with E-state index in [2.05, 4.69) is 82.1 Å². The smallest absolute Gasteiger partial charge is 0.340 e. The van der Waals surface area contributed by atoms with Gasteiger partial charge in [0.2, 0.25) is 0 Å². The summed E-state index contributed by atoms with van der Waals surface area (Å²) in [5.74, 6) is -0.902. The normalized spacial score (nSPS) is 38.6. The van der Waals surface area contributed by atoms with E-state index in [4.69, 9.17) is 9.47 Å². The third-order valence-electron chi connectivity index (χ3n) is 14.9. The third kappa shape index (κ3) is 4.52. The number of carbonyl (C=O) groups is 2. The SMILES string of the molecule is CC[C@]1(O)C[C@H]2CN(CCc3c([nH]c4ccccc34)[C@@](C(=O)OC)(c3ccc4c(c3)[C@@]35CCN6CC=C[C@@](CC)(C[C@](O)(C(=O)OC)[C@@H]3N4C)[C@H]65)C2)C1. The van der Waals surface area contributed by atoms with E-state index in [1.165, 1.54) is 14.2 Å². The van der Waals surface area contributed by atoms with Crippen LogP contribution in [-0.4, -0.2) is 114 Å². The standard InChI is InChI=1S/C43H54N4O6/c1-6-39-16-10-18-47-20-17-41(35(39)47)31-21-28(13-14-33(31)45(3)36(41)43(51,25-39)38(49)53-5)42(37(48)52-4)23-27-22-40(50,7-2)26-46(24-27)19-15-30-29-11-8-9-12-32(29)44-34(30)42/h8-14,16,21,27,35-36,44,50-51H,6-7,15,17-20,22-26H2,1-5H3/t27-,35+,36-,39+,40+,41-,42+,43-/m1/s1. The lowest BCUT2D eigenvalue weighted by Gasteiger charge is -2.60. The van der Waals surface area contributed by atoms with Crippen LogP contribution in [0.5, 0.6) is 0 Å². The Labute approximate surface area is 312 Å². The van der Waals surface area contributed by atoms with Gasteiger partial charge in [-0.05, 0) is 86.2 Å². The van der Waals surface area contributed by atoms with Crippen LogP contribution in [0, 0.1) is 11.3 Å². The molecule has 282 valence electrons. The minimum absolute atomic E-state index is 0.0179. The van der Waals surface area contributed by atoms with Gasteiger partial charge in [0.1, 0.15) is 5.41 Å². The molecule has 9 rings (SSSR count). The summed E-state index contributed by atoms with van der Waals surface area (Å²) in [6, 6.07) is 14.2. The zero-order valence-electron chi connectivity index (χ0n) is 31.8. The summed E-state index contributed by atoms with van der Waals surface area (Å²) in [6.45, 7) is 8.06. The van der Waals surface area contributed by atoms with Gasteiger partial charge in [-0.2, -0.15) is 0 Å². The van der Waals surface area contributed by atoms with Crippen LogP contribution in [-0.2, 0) is 36.3 Å². The van der Waals surface area contributed by atoms with Gasteiger partial charge in [-0.15, -0.1) is 0 Å². The average Bonchev–Trinajstić information content (AvgIpc) is 3.83. The first kappa shape index (κ1) is 35.0. The fourth-order valence-electron chi connectivity index (χ4n) is 12.9. The number of aliphatic hydroxyl groups is 2. The van der Waals surface area contributed by atoms with Crippen molar-refractivity contribution in [2.75, 3.05) is 58.9 Å². The number of ether oxygens (including phenoxy) is 2. The van der Waals surface area contributed by atoms with Crippen molar-refractivity contribution in [2.24, 2.45) is 11.3 Å². The topological polar surface area (TPSA) is 119 Å². The molecule has 10 nitrogen and oxygen atoms in total. The number of nitrogens with one attached hydrogen (secondary N) is 1. The molecule has 53 heavy (non-hydrogen) atoms. The lowest BCUT2D eigenvalue weighted by Crippen LogP contribution is -2.74. The molecule has 5 aliphatic heterocycles. The van der Waals surface area contributed by atoms with E-state index in [-0.39, 0.29) is 24.3 Å². The Morgan fingerprint density at radius 2 is 1.77 bits per heavy atom. The van der Waals surface area contributed by atoms with Gasteiger partial charge in [-0.25, -0.2) is 4.79 Å². The number of para-hydroxylation sites is 1. The molecular weight excluding hydrogens is 668 g/mol. The minimum Gasteiger partial charge on any atom is -0.468 e. The van der Waals surface area contributed by atoms with Crippen molar-refractivity contribution in [3.63, 3.8) is 0 Å². The van der Waals surface area contributed by atoms with E-state index in [0.717, 1.165) is 84.4 Å². The molecular formula is C43H54N4O6. The molecule has 0 amide bonds. The van der Waals surface area contributed by atoms with Crippen molar-refractivity contribution in [2.45, 2.75) is 92.9 Å². The first-order valence-corrected chi connectivity index (χ1v) is 19.7. The molecule has 1 unspecified atom stereocenters. The highest BCUT2D eigenvalue weighted by Crippen LogP contribution is 2.67. The number of nitrogens with zero attached hydrogens (tertiary/aromatic N) is 3. The average molecular weight is 723 g/mol. The number of hydrogen-bond acceptors (Lipinski definition) is 9. The van der Waals surface area contributed by atoms with Crippen LogP contribution < -0.4 is 4.90 Å². The molecule has 6 aliphatic rings. The molecule has 9 atom stereocenters. The molecule has 3 N–H and O–H groups in total. The number of carbonyl (C=O) groups excluding carboxylic acids is 2. The van der Waals surface area contributed by atoms with E-state index in [1.807, 2.05) is 13.1 Å². The molecule has 1 spiro atoms. The summed E-state index contributed by atoms with van der Waals surface area (Å²) in [6.07, 6.45) is 8.70. The van der Waals surface area contributed by atoms with Crippen LogP contribution in [0.25, 0.3) is 10.9 Å². The molecule has 1 saturated carbocycles. The summed E-state index contributed by atoms with van der Waals surface area (Å²) < 4.78 is 11.3. The van der Waals surface area contributed by atoms with Crippen molar-refractivity contribution in [3.05, 3.63) is 77.0 Å². The van der Waals surface area contributed by atoms with Gasteiger partial charge in [0.05, 0.1) is 25.9 Å². The molecule has 1 aliphatic carbocycles. The number of rotatable bonds is 5.